The van der Waals surface area contributed by atoms with Crippen LogP contribution in [0.2, 0.25) is 5.02 Å². The summed E-state index contributed by atoms with van der Waals surface area (Å²) in [7, 11) is 0. The van der Waals surface area contributed by atoms with Gasteiger partial charge in [-0.15, -0.1) is 0 Å². The van der Waals surface area contributed by atoms with Crippen LogP contribution in [0.5, 0.6) is 6.01 Å². The van der Waals surface area contributed by atoms with Crippen LogP contribution in [0.1, 0.15) is 0 Å². The second-order valence-corrected chi connectivity index (χ2v) is 9.97. The molecule has 4 aliphatic heterocycles. The largest absolute Gasteiger partial charge is 0.456 e. The number of anilines is 1. The molecule has 0 bridgehead atoms. The summed E-state index contributed by atoms with van der Waals surface area (Å²) in [4.78, 5) is 14.7. The SMILES string of the molecule is O[C@@H]1CO[C@H]2[C@@H]1OC[C@H]2Oc1nc2nc(-c3ccc(N4CC5(CNC5)C4)cc3)c(Cl)cc2[nH]1. The minimum atomic E-state index is -0.619. The molecule has 0 amide bonds. The lowest BCUT2D eigenvalue weighted by Gasteiger charge is -2.57. The summed E-state index contributed by atoms with van der Waals surface area (Å²) in [5, 5.41) is 13.8. The van der Waals surface area contributed by atoms with Crippen molar-refractivity contribution in [2.24, 2.45) is 5.41 Å². The Morgan fingerprint density at radius 1 is 1.09 bits per heavy atom. The zero-order valence-electron chi connectivity index (χ0n) is 17.8. The van der Waals surface area contributed by atoms with Crippen molar-refractivity contribution >= 4 is 28.5 Å². The summed E-state index contributed by atoms with van der Waals surface area (Å²) in [6.45, 7) is 5.06. The van der Waals surface area contributed by atoms with Crippen molar-refractivity contribution in [1.82, 2.24) is 20.3 Å². The zero-order chi connectivity index (χ0) is 22.2. The van der Waals surface area contributed by atoms with Gasteiger partial charge in [0.25, 0.3) is 6.01 Å². The van der Waals surface area contributed by atoms with Gasteiger partial charge in [-0.05, 0) is 18.2 Å². The first-order valence-electron chi connectivity index (χ1n) is 11.3. The summed E-state index contributed by atoms with van der Waals surface area (Å²) < 4.78 is 17.2. The van der Waals surface area contributed by atoms with E-state index < -0.39 is 6.10 Å². The number of halogens is 1. The first-order valence-corrected chi connectivity index (χ1v) is 11.7. The number of fused-ring (bicyclic) bond motifs is 2. The monoisotopic (exact) mass is 469 g/mol. The van der Waals surface area contributed by atoms with Crippen LogP contribution in [0.15, 0.2) is 30.3 Å². The first kappa shape index (κ1) is 20.0. The molecular weight excluding hydrogens is 446 g/mol. The van der Waals surface area contributed by atoms with Gasteiger partial charge in [-0.25, -0.2) is 4.98 Å². The first-order chi connectivity index (χ1) is 16.1. The molecule has 172 valence electrons. The number of benzene rings is 1. The van der Waals surface area contributed by atoms with Crippen LogP contribution in [0.25, 0.3) is 22.4 Å². The predicted octanol–water partition coefficient (Wildman–Crippen LogP) is 1.59. The third kappa shape index (κ3) is 3.22. The lowest BCUT2D eigenvalue weighted by Crippen LogP contribution is -2.71. The molecular formula is C23H24ClN5O4. The Morgan fingerprint density at radius 3 is 2.64 bits per heavy atom. The van der Waals surface area contributed by atoms with Crippen molar-refractivity contribution in [2.45, 2.75) is 24.4 Å². The van der Waals surface area contributed by atoms with E-state index in [-0.39, 0.29) is 24.9 Å². The fourth-order valence-corrected chi connectivity index (χ4v) is 5.58. The smallest absolute Gasteiger partial charge is 0.296 e. The molecule has 4 fully saturated rings. The van der Waals surface area contributed by atoms with E-state index in [0.717, 1.165) is 31.7 Å². The van der Waals surface area contributed by atoms with Crippen molar-refractivity contribution in [3.05, 3.63) is 35.4 Å². The average molecular weight is 470 g/mol. The van der Waals surface area contributed by atoms with Gasteiger partial charge in [0, 0.05) is 42.8 Å². The number of imidazole rings is 1. The Kier molecular flexibility index (Phi) is 4.41. The third-order valence-corrected chi connectivity index (χ3v) is 7.50. The average Bonchev–Trinajstić information content (AvgIpc) is 3.43. The van der Waals surface area contributed by atoms with Crippen LogP contribution >= 0.6 is 11.6 Å². The summed E-state index contributed by atoms with van der Waals surface area (Å²) >= 11 is 6.57. The van der Waals surface area contributed by atoms with Crippen molar-refractivity contribution in [3.63, 3.8) is 0 Å². The van der Waals surface area contributed by atoms with Crippen LogP contribution in [-0.4, -0.2) is 83.9 Å². The van der Waals surface area contributed by atoms with E-state index >= 15 is 0 Å². The molecule has 4 atom stereocenters. The number of hydrogen-bond donors (Lipinski definition) is 3. The Hall–Kier alpha value is -2.43. The van der Waals surface area contributed by atoms with Crippen LogP contribution in [0.3, 0.4) is 0 Å². The molecule has 2 aromatic heterocycles. The van der Waals surface area contributed by atoms with Gasteiger partial charge >= 0.3 is 0 Å². The number of pyridine rings is 1. The maximum absolute atomic E-state index is 9.91. The maximum Gasteiger partial charge on any atom is 0.296 e. The van der Waals surface area contributed by atoms with Crippen LogP contribution < -0.4 is 15.0 Å². The molecule has 33 heavy (non-hydrogen) atoms. The quantitative estimate of drug-likeness (QED) is 0.529. The van der Waals surface area contributed by atoms with Crippen molar-refractivity contribution in [1.29, 1.82) is 0 Å². The Labute approximate surface area is 195 Å². The zero-order valence-corrected chi connectivity index (χ0v) is 18.6. The second-order valence-electron chi connectivity index (χ2n) is 9.56. The normalized spacial score (nSPS) is 29.8. The van der Waals surface area contributed by atoms with E-state index in [0.29, 0.717) is 39.9 Å². The number of ether oxygens (including phenoxy) is 3. The maximum atomic E-state index is 9.91. The Morgan fingerprint density at radius 2 is 1.88 bits per heavy atom. The van der Waals surface area contributed by atoms with Gasteiger partial charge < -0.3 is 34.5 Å². The topological polar surface area (TPSA) is 105 Å². The molecule has 10 heteroatoms. The second kappa shape index (κ2) is 7.28. The Balaban J connectivity index is 1.10. The number of aliphatic hydroxyl groups excluding tert-OH is 1. The molecule has 1 aromatic carbocycles. The van der Waals surface area contributed by atoms with Crippen LogP contribution in [0, 0.1) is 5.41 Å². The lowest BCUT2D eigenvalue weighted by molar-refractivity contribution is 0.00706. The highest BCUT2D eigenvalue weighted by Gasteiger charge is 2.49. The Bertz CT molecular complexity index is 1210. The number of aromatic nitrogens is 3. The van der Waals surface area contributed by atoms with E-state index in [1.165, 1.54) is 5.69 Å². The van der Waals surface area contributed by atoms with Gasteiger partial charge in [-0.1, -0.05) is 23.7 Å². The molecule has 4 saturated heterocycles. The van der Waals surface area contributed by atoms with Gasteiger partial charge in [-0.2, -0.15) is 4.98 Å². The predicted molar refractivity (Wildman–Crippen MR) is 122 cm³/mol. The summed E-state index contributed by atoms with van der Waals surface area (Å²) in [5.41, 5.74) is 4.56. The van der Waals surface area contributed by atoms with E-state index in [1.54, 1.807) is 0 Å². The molecule has 0 saturated carbocycles. The minimum Gasteiger partial charge on any atom is -0.456 e. The van der Waals surface area contributed by atoms with Gasteiger partial charge in [0.05, 0.1) is 29.4 Å². The van der Waals surface area contributed by atoms with Gasteiger partial charge in [0.1, 0.15) is 18.3 Å². The molecule has 4 aliphatic rings. The van der Waals surface area contributed by atoms with Crippen LogP contribution in [0.4, 0.5) is 5.69 Å². The molecule has 3 aromatic rings. The summed E-state index contributed by atoms with van der Waals surface area (Å²) in [6.07, 6.45) is -1.62. The molecule has 1 spiro atoms. The van der Waals surface area contributed by atoms with Gasteiger partial charge in [0.2, 0.25) is 0 Å². The molecule has 0 aliphatic carbocycles. The lowest BCUT2D eigenvalue weighted by atomic mass is 9.74. The standard InChI is InChI=1S/C23H24ClN5O4/c24-14-5-15-21(28-22(26-15)33-17-7-32-19-16(30)6-31-20(17)19)27-18(14)12-1-3-13(4-2-12)29-10-23(11-29)8-25-9-23/h1-5,16-17,19-20,25,30H,6-11H2,(H,26,27,28)/t16-,17-,19-,20-/m1/s1. The number of H-pyrrole nitrogens is 1. The van der Waals surface area contributed by atoms with Gasteiger partial charge in [-0.3, -0.25) is 0 Å². The van der Waals surface area contributed by atoms with E-state index in [2.05, 4.69) is 44.5 Å². The number of nitrogens with zero attached hydrogens (tertiary/aromatic N) is 3. The fourth-order valence-electron chi connectivity index (χ4n) is 5.32. The highest BCUT2D eigenvalue weighted by Crippen LogP contribution is 2.38. The number of aliphatic hydroxyl groups is 1. The summed E-state index contributed by atoms with van der Waals surface area (Å²) in [5.74, 6) is 0. The van der Waals surface area contributed by atoms with Crippen LogP contribution in [-0.2, 0) is 9.47 Å². The van der Waals surface area contributed by atoms with E-state index in [9.17, 15) is 5.11 Å². The number of nitrogens with one attached hydrogen (secondary N) is 2. The summed E-state index contributed by atoms with van der Waals surface area (Å²) in [6, 6.07) is 10.5. The molecule has 3 N–H and O–H groups in total. The van der Waals surface area contributed by atoms with Crippen molar-refractivity contribution in [2.75, 3.05) is 44.3 Å². The molecule has 0 unspecified atom stereocenters. The molecule has 0 radical (unpaired) electrons. The highest BCUT2D eigenvalue weighted by atomic mass is 35.5. The van der Waals surface area contributed by atoms with Crippen molar-refractivity contribution in [3.8, 4) is 17.3 Å². The van der Waals surface area contributed by atoms with E-state index in [4.69, 9.17) is 30.8 Å². The third-order valence-electron chi connectivity index (χ3n) is 7.21. The fraction of sp³-hybridized carbons (Fsp3) is 0.478. The molecule has 9 nitrogen and oxygen atoms in total. The molecule has 6 heterocycles. The van der Waals surface area contributed by atoms with Gasteiger partial charge in [0.15, 0.2) is 11.8 Å². The minimum absolute atomic E-state index is 0.254. The highest BCUT2D eigenvalue weighted by molar-refractivity contribution is 6.33. The molecule has 7 rings (SSSR count). The number of rotatable bonds is 4. The number of hydrogen-bond acceptors (Lipinski definition) is 8. The van der Waals surface area contributed by atoms with E-state index in [1.807, 2.05) is 6.07 Å². The number of aromatic amines is 1. The van der Waals surface area contributed by atoms with Crippen molar-refractivity contribution < 1.29 is 19.3 Å².